The highest BCUT2D eigenvalue weighted by molar-refractivity contribution is 7.12. The predicted octanol–water partition coefficient (Wildman–Crippen LogP) is 3.35. The Bertz CT molecular complexity index is 904. The summed E-state index contributed by atoms with van der Waals surface area (Å²) < 4.78 is 17.7. The average Bonchev–Trinajstić information content (AvgIpc) is 3.57. The summed E-state index contributed by atoms with van der Waals surface area (Å²) in [5, 5.41) is 12.2. The number of ether oxygens (including phenoxy) is 1. The van der Waals surface area contributed by atoms with Crippen LogP contribution in [0.1, 0.15) is 45.4 Å². The van der Waals surface area contributed by atoms with Gasteiger partial charge in [0.2, 0.25) is 0 Å². The van der Waals surface area contributed by atoms with Crippen molar-refractivity contribution in [2.45, 2.75) is 57.5 Å². The molecule has 5 heterocycles. The van der Waals surface area contributed by atoms with Gasteiger partial charge in [-0.3, -0.25) is 4.79 Å². The molecule has 2 atom stereocenters. The van der Waals surface area contributed by atoms with Gasteiger partial charge in [-0.2, -0.15) is 0 Å². The Hall–Kier alpha value is -2.17. The van der Waals surface area contributed by atoms with Crippen molar-refractivity contribution in [1.29, 1.82) is 0 Å². The highest BCUT2D eigenvalue weighted by atomic mass is 32.1. The third-order valence-corrected chi connectivity index (χ3v) is 7.77. The van der Waals surface area contributed by atoms with E-state index in [1.807, 2.05) is 0 Å². The van der Waals surface area contributed by atoms with Crippen molar-refractivity contribution in [2.24, 2.45) is 5.41 Å². The summed E-state index contributed by atoms with van der Waals surface area (Å²) in [5.74, 6) is 0.485. The number of carbonyl (C=O) groups is 1. The number of rotatable bonds is 4. The number of likely N-dealkylation sites (tertiary alicyclic amines) is 1. The molecule has 1 N–H and O–H groups in total. The quantitative estimate of drug-likeness (QED) is 0.654. The zero-order chi connectivity index (χ0) is 24.0. The molecule has 1 spiro atoms. The van der Waals surface area contributed by atoms with Gasteiger partial charge in [0.1, 0.15) is 17.1 Å². The number of aromatic nitrogens is 3. The van der Waals surface area contributed by atoms with Crippen LogP contribution in [0, 0.1) is 11.2 Å². The molecule has 34 heavy (non-hydrogen) atoms. The van der Waals surface area contributed by atoms with Crippen molar-refractivity contribution < 1.29 is 13.9 Å². The number of halogens is 1. The van der Waals surface area contributed by atoms with Crippen molar-refractivity contribution in [3.05, 3.63) is 23.6 Å². The number of fused-ring (bicyclic) bond motifs is 2. The van der Waals surface area contributed by atoms with Crippen LogP contribution in [0.4, 0.5) is 10.2 Å². The third kappa shape index (κ3) is 6.09. The van der Waals surface area contributed by atoms with E-state index in [0.717, 1.165) is 34.9 Å². The van der Waals surface area contributed by atoms with Gasteiger partial charge in [0.05, 0.1) is 18.4 Å². The Morgan fingerprint density at radius 3 is 2.50 bits per heavy atom. The Balaban J connectivity index is 0.000000161. The van der Waals surface area contributed by atoms with Crippen molar-refractivity contribution in [1.82, 2.24) is 25.4 Å². The van der Waals surface area contributed by atoms with E-state index in [-0.39, 0.29) is 5.82 Å². The maximum absolute atomic E-state index is 13.5. The van der Waals surface area contributed by atoms with Crippen molar-refractivity contribution >= 4 is 23.6 Å². The first kappa shape index (κ1) is 24.9. The van der Waals surface area contributed by atoms with Crippen LogP contribution in [0.15, 0.2) is 17.8 Å². The van der Waals surface area contributed by atoms with Crippen LogP contribution in [0.5, 0.6) is 0 Å². The molecule has 4 aliphatic rings. The Morgan fingerprint density at radius 2 is 1.97 bits per heavy atom. The fourth-order valence-corrected chi connectivity index (χ4v) is 6.28. The first-order valence-electron chi connectivity index (χ1n) is 12.2. The normalized spacial score (nSPS) is 24.5. The molecule has 1 aliphatic carbocycles. The van der Waals surface area contributed by atoms with E-state index in [1.54, 1.807) is 12.4 Å². The fraction of sp³-hybridized carbons (Fsp3) is 0.667. The summed E-state index contributed by atoms with van der Waals surface area (Å²) >= 11 is 1.41. The Labute approximate surface area is 204 Å². The fourth-order valence-electron chi connectivity index (χ4n) is 5.71. The minimum Gasteiger partial charge on any atom is -0.468 e. The average molecular weight is 491 g/mol. The number of pyridine rings is 1. The standard InChI is InChI=1S/C13H14FN5S.C8H15N.C3H6O2/c14-8-3-11(13-18-16-7-20-13)12(15-4-8)19-5-9-1-2-10(6-19)17-9;1-9-6-8(7-9)4-2-3-5-8;1-2-5-3-4/h3-4,7,9-10,17H,1-2,5-6H2;2-7H2,1H3;3H,2H2,1H3. The third-order valence-electron chi connectivity index (χ3n) is 7.05. The van der Waals surface area contributed by atoms with E-state index < -0.39 is 0 Å². The number of hydrogen-bond acceptors (Lipinski definition) is 9. The largest absolute Gasteiger partial charge is 0.468 e. The molecule has 0 radical (unpaired) electrons. The summed E-state index contributed by atoms with van der Waals surface area (Å²) in [6.07, 6.45) is 9.70. The first-order valence-corrected chi connectivity index (χ1v) is 13.1. The first-order chi connectivity index (χ1) is 16.5. The number of carbonyl (C=O) groups excluding carboxylic acids is 1. The van der Waals surface area contributed by atoms with Gasteiger partial charge in [0.15, 0.2) is 5.01 Å². The van der Waals surface area contributed by atoms with Crippen LogP contribution in [0.2, 0.25) is 0 Å². The van der Waals surface area contributed by atoms with E-state index in [1.165, 1.54) is 75.2 Å². The monoisotopic (exact) mass is 490 g/mol. The number of nitrogens with one attached hydrogen (secondary N) is 1. The second-order valence-electron chi connectivity index (χ2n) is 9.74. The molecule has 3 saturated heterocycles. The molecule has 8 nitrogen and oxygen atoms in total. The maximum Gasteiger partial charge on any atom is 0.293 e. The molecule has 186 valence electrons. The molecular weight excluding hydrogens is 455 g/mol. The molecule has 2 aromatic rings. The van der Waals surface area contributed by atoms with Crippen molar-refractivity contribution in [3.8, 4) is 10.6 Å². The van der Waals surface area contributed by atoms with E-state index in [0.29, 0.717) is 25.2 Å². The highest BCUT2D eigenvalue weighted by Gasteiger charge is 2.42. The lowest BCUT2D eigenvalue weighted by Crippen LogP contribution is -2.52. The molecule has 4 fully saturated rings. The predicted molar refractivity (Wildman–Crippen MR) is 131 cm³/mol. The molecule has 2 unspecified atom stereocenters. The van der Waals surface area contributed by atoms with Gasteiger partial charge in [-0.25, -0.2) is 9.37 Å². The van der Waals surface area contributed by atoms with Gasteiger partial charge in [0, 0.05) is 38.3 Å². The Morgan fingerprint density at radius 1 is 1.26 bits per heavy atom. The van der Waals surface area contributed by atoms with Gasteiger partial charge >= 0.3 is 0 Å². The zero-order valence-corrected chi connectivity index (χ0v) is 20.9. The molecule has 1 saturated carbocycles. The van der Waals surface area contributed by atoms with Crippen LogP contribution in [0.3, 0.4) is 0 Å². The van der Waals surface area contributed by atoms with Crippen LogP contribution >= 0.6 is 11.3 Å². The molecule has 2 aromatic heterocycles. The summed E-state index contributed by atoms with van der Waals surface area (Å²) in [6.45, 7) is 7.26. The molecule has 0 amide bonds. The van der Waals surface area contributed by atoms with Gasteiger partial charge in [-0.05, 0) is 51.1 Å². The zero-order valence-electron chi connectivity index (χ0n) is 20.1. The van der Waals surface area contributed by atoms with Crippen molar-refractivity contribution in [3.63, 3.8) is 0 Å². The van der Waals surface area contributed by atoms with E-state index in [2.05, 4.69) is 42.1 Å². The lowest BCUT2D eigenvalue weighted by atomic mass is 9.79. The topological polar surface area (TPSA) is 83.5 Å². The number of piperazine rings is 1. The lowest BCUT2D eigenvalue weighted by Gasteiger charge is -2.46. The number of nitrogens with zero attached hydrogens (tertiary/aromatic N) is 5. The molecule has 2 bridgehead atoms. The smallest absolute Gasteiger partial charge is 0.293 e. The Kier molecular flexibility index (Phi) is 8.44. The minimum atomic E-state index is -0.336. The van der Waals surface area contributed by atoms with Gasteiger partial charge < -0.3 is 19.9 Å². The molecule has 6 rings (SSSR count). The molecule has 3 aliphatic heterocycles. The molecule has 0 aromatic carbocycles. The lowest BCUT2D eigenvalue weighted by molar-refractivity contribution is -0.128. The summed E-state index contributed by atoms with van der Waals surface area (Å²) in [5.41, 5.74) is 3.22. The van der Waals surface area contributed by atoms with Crippen LogP contribution in [-0.2, 0) is 9.53 Å². The molecule has 10 heteroatoms. The van der Waals surface area contributed by atoms with E-state index in [9.17, 15) is 9.18 Å². The minimum absolute atomic E-state index is 0.336. The van der Waals surface area contributed by atoms with Crippen LogP contribution < -0.4 is 10.2 Å². The SMILES string of the molecule is CCOC=O.CN1CC2(CCCC2)C1.Fc1cnc(N2CC3CCC(C2)N3)c(-c2nncs2)c1. The summed E-state index contributed by atoms with van der Waals surface area (Å²) in [7, 11) is 2.23. The second kappa shape index (κ2) is 11.5. The van der Waals surface area contributed by atoms with E-state index in [4.69, 9.17) is 0 Å². The van der Waals surface area contributed by atoms with Crippen LogP contribution in [-0.4, -0.2) is 78.5 Å². The summed E-state index contributed by atoms with van der Waals surface area (Å²) in [6, 6.07) is 2.54. The van der Waals surface area contributed by atoms with Gasteiger partial charge in [0.25, 0.3) is 6.47 Å². The maximum atomic E-state index is 13.5. The number of hydrogen-bond donors (Lipinski definition) is 1. The molecular formula is C24H35FN6O2S. The highest BCUT2D eigenvalue weighted by Crippen LogP contribution is 2.44. The second-order valence-corrected chi connectivity index (χ2v) is 10.6. The van der Waals surface area contributed by atoms with E-state index >= 15 is 0 Å². The van der Waals surface area contributed by atoms with Gasteiger partial charge in [-0.15, -0.1) is 10.2 Å². The van der Waals surface area contributed by atoms with Gasteiger partial charge in [-0.1, -0.05) is 24.2 Å². The number of anilines is 1. The summed E-state index contributed by atoms with van der Waals surface area (Å²) in [4.78, 5) is 18.2. The van der Waals surface area contributed by atoms with Crippen molar-refractivity contribution in [2.75, 3.05) is 44.7 Å². The van der Waals surface area contributed by atoms with Crippen LogP contribution in [0.25, 0.3) is 10.6 Å².